The molecule has 1 aromatic heterocycles. The number of furan rings is 1. The molecule has 0 radical (unpaired) electrons. The van der Waals surface area contributed by atoms with Gasteiger partial charge >= 0.3 is 0 Å². The van der Waals surface area contributed by atoms with E-state index in [1.54, 1.807) is 6.26 Å². The first kappa shape index (κ1) is 21.6. The summed E-state index contributed by atoms with van der Waals surface area (Å²) in [5, 5.41) is 4.15. The smallest absolute Gasteiger partial charge is 0.193 e. The number of aliphatic imine (C=N–C) groups is 1. The molecule has 2 rings (SSSR count). The number of nitrogens with zero attached hydrogens (tertiary/aromatic N) is 2. The third-order valence-corrected chi connectivity index (χ3v) is 5.13. The van der Waals surface area contributed by atoms with Crippen LogP contribution in [0.15, 0.2) is 27.8 Å². The molecular weight excluding hydrogens is 437 g/mol. The Hall–Kier alpha value is -0.410. The van der Waals surface area contributed by atoms with E-state index in [0.29, 0.717) is 13.2 Å². The number of ether oxygens (including phenoxy) is 1. The summed E-state index contributed by atoms with van der Waals surface area (Å²) in [6.45, 7) is 9.52. The standard InChI is InChI=1S/C17H29N3O2S.HI/c1-3-16-13-20(9-12-23-16)17(18-4-2)19-8-6-10-21-14-15-7-5-11-22-15;/h5,7,11,16H,3-4,6,8-10,12-14H2,1-2H3,(H,18,19);1H. The van der Waals surface area contributed by atoms with Crippen molar-refractivity contribution in [2.75, 3.05) is 38.5 Å². The monoisotopic (exact) mass is 467 g/mol. The molecule has 5 nitrogen and oxygen atoms in total. The molecule has 0 spiro atoms. The molecule has 1 aliphatic heterocycles. The fourth-order valence-electron chi connectivity index (χ4n) is 2.50. The first-order valence-electron chi connectivity index (χ1n) is 8.58. The van der Waals surface area contributed by atoms with Gasteiger partial charge in [0.05, 0.1) is 6.26 Å². The van der Waals surface area contributed by atoms with E-state index in [9.17, 15) is 0 Å². The van der Waals surface area contributed by atoms with Crippen LogP contribution in [-0.4, -0.2) is 54.6 Å². The van der Waals surface area contributed by atoms with Gasteiger partial charge < -0.3 is 19.4 Å². The normalized spacial score (nSPS) is 18.3. The van der Waals surface area contributed by atoms with Gasteiger partial charge in [-0.05, 0) is 31.9 Å². The van der Waals surface area contributed by atoms with E-state index in [4.69, 9.17) is 14.1 Å². The van der Waals surface area contributed by atoms with E-state index in [1.807, 2.05) is 12.1 Å². The predicted molar refractivity (Wildman–Crippen MR) is 112 cm³/mol. The third-order valence-electron chi connectivity index (χ3n) is 3.76. The van der Waals surface area contributed by atoms with Crippen LogP contribution in [0.2, 0.25) is 0 Å². The van der Waals surface area contributed by atoms with Crippen LogP contribution < -0.4 is 5.32 Å². The van der Waals surface area contributed by atoms with Gasteiger partial charge in [-0.15, -0.1) is 24.0 Å². The van der Waals surface area contributed by atoms with Gasteiger partial charge in [0.15, 0.2) is 5.96 Å². The summed E-state index contributed by atoms with van der Waals surface area (Å²) in [7, 11) is 0. The average Bonchev–Trinajstić information content (AvgIpc) is 3.10. The molecule has 0 amide bonds. The highest BCUT2D eigenvalue weighted by Crippen LogP contribution is 2.21. The minimum Gasteiger partial charge on any atom is -0.467 e. The maximum absolute atomic E-state index is 5.60. The molecule has 2 heterocycles. The summed E-state index contributed by atoms with van der Waals surface area (Å²) in [5.74, 6) is 3.12. The molecule has 1 saturated heterocycles. The summed E-state index contributed by atoms with van der Waals surface area (Å²) in [5.41, 5.74) is 0. The summed E-state index contributed by atoms with van der Waals surface area (Å²) in [4.78, 5) is 7.16. The van der Waals surface area contributed by atoms with Crippen LogP contribution in [0.25, 0.3) is 0 Å². The summed E-state index contributed by atoms with van der Waals surface area (Å²) < 4.78 is 10.8. The van der Waals surface area contributed by atoms with Gasteiger partial charge in [0.25, 0.3) is 0 Å². The predicted octanol–water partition coefficient (Wildman–Crippen LogP) is 3.60. The van der Waals surface area contributed by atoms with Gasteiger partial charge in [-0.1, -0.05) is 6.92 Å². The van der Waals surface area contributed by atoms with E-state index in [0.717, 1.165) is 49.6 Å². The average molecular weight is 467 g/mol. The van der Waals surface area contributed by atoms with E-state index >= 15 is 0 Å². The lowest BCUT2D eigenvalue weighted by Gasteiger charge is -2.34. The Bertz CT molecular complexity index is 457. The molecule has 0 aromatic carbocycles. The maximum atomic E-state index is 5.60. The van der Waals surface area contributed by atoms with E-state index in [-0.39, 0.29) is 24.0 Å². The molecule has 1 aliphatic rings. The van der Waals surface area contributed by atoms with Crippen molar-refractivity contribution in [1.82, 2.24) is 10.2 Å². The molecule has 1 aromatic rings. The molecule has 7 heteroatoms. The quantitative estimate of drug-likeness (QED) is 0.274. The van der Waals surface area contributed by atoms with Crippen molar-refractivity contribution in [3.63, 3.8) is 0 Å². The van der Waals surface area contributed by atoms with Crippen molar-refractivity contribution >= 4 is 41.7 Å². The highest BCUT2D eigenvalue weighted by Gasteiger charge is 2.21. The zero-order valence-corrected chi connectivity index (χ0v) is 17.8. The number of hydrogen-bond acceptors (Lipinski definition) is 4. The van der Waals surface area contributed by atoms with Crippen LogP contribution >= 0.6 is 35.7 Å². The minimum atomic E-state index is 0. The molecule has 1 unspecified atom stereocenters. The van der Waals surface area contributed by atoms with Crippen molar-refractivity contribution < 1.29 is 9.15 Å². The van der Waals surface area contributed by atoms with Gasteiger partial charge in [0.2, 0.25) is 0 Å². The van der Waals surface area contributed by atoms with Crippen molar-refractivity contribution in [3.8, 4) is 0 Å². The van der Waals surface area contributed by atoms with Crippen molar-refractivity contribution in [1.29, 1.82) is 0 Å². The molecular formula is C17H30IN3O2S. The van der Waals surface area contributed by atoms with Gasteiger partial charge in [-0.3, -0.25) is 4.99 Å². The summed E-state index contributed by atoms with van der Waals surface area (Å²) in [6.07, 6.45) is 3.82. The van der Waals surface area contributed by atoms with Crippen LogP contribution in [-0.2, 0) is 11.3 Å². The fourth-order valence-corrected chi connectivity index (χ4v) is 3.68. The zero-order valence-electron chi connectivity index (χ0n) is 14.7. The van der Waals surface area contributed by atoms with E-state index in [1.165, 1.54) is 12.2 Å². The largest absolute Gasteiger partial charge is 0.467 e. The summed E-state index contributed by atoms with van der Waals surface area (Å²) in [6, 6.07) is 3.81. The molecule has 24 heavy (non-hydrogen) atoms. The van der Waals surface area contributed by atoms with Gasteiger partial charge in [0.1, 0.15) is 12.4 Å². The number of halogens is 1. The van der Waals surface area contributed by atoms with Crippen molar-refractivity contribution in [3.05, 3.63) is 24.2 Å². The topological polar surface area (TPSA) is 50.0 Å². The minimum absolute atomic E-state index is 0. The molecule has 0 bridgehead atoms. The molecule has 138 valence electrons. The Morgan fingerprint density at radius 2 is 2.38 bits per heavy atom. The molecule has 1 atom stereocenters. The van der Waals surface area contributed by atoms with E-state index in [2.05, 4.69) is 35.8 Å². The second-order valence-corrected chi connectivity index (χ2v) is 6.98. The lowest BCUT2D eigenvalue weighted by molar-refractivity contribution is 0.105. The van der Waals surface area contributed by atoms with Crippen molar-refractivity contribution in [2.45, 2.75) is 38.5 Å². The Labute approximate surface area is 167 Å². The molecule has 1 fully saturated rings. The number of rotatable bonds is 8. The van der Waals surface area contributed by atoms with Crippen LogP contribution in [0, 0.1) is 0 Å². The SMILES string of the molecule is CCNC(=NCCCOCc1ccco1)N1CCSC(CC)C1.I. The first-order valence-corrected chi connectivity index (χ1v) is 9.63. The van der Waals surface area contributed by atoms with Crippen LogP contribution in [0.1, 0.15) is 32.4 Å². The van der Waals surface area contributed by atoms with Crippen LogP contribution in [0.5, 0.6) is 0 Å². The number of thioether (sulfide) groups is 1. The fraction of sp³-hybridized carbons (Fsp3) is 0.706. The zero-order chi connectivity index (χ0) is 16.3. The molecule has 0 saturated carbocycles. The Kier molecular flexibility index (Phi) is 11.6. The first-order chi connectivity index (χ1) is 11.3. The highest BCUT2D eigenvalue weighted by molar-refractivity contribution is 14.0. The third kappa shape index (κ3) is 7.65. The highest BCUT2D eigenvalue weighted by atomic mass is 127. The Balaban J connectivity index is 0.00000288. The molecule has 1 N–H and O–H groups in total. The maximum Gasteiger partial charge on any atom is 0.193 e. The number of hydrogen-bond donors (Lipinski definition) is 1. The van der Waals surface area contributed by atoms with Gasteiger partial charge in [-0.25, -0.2) is 0 Å². The second-order valence-electron chi connectivity index (χ2n) is 5.57. The summed E-state index contributed by atoms with van der Waals surface area (Å²) >= 11 is 2.08. The van der Waals surface area contributed by atoms with Gasteiger partial charge in [-0.2, -0.15) is 11.8 Å². The Morgan fingerprint density at radius 3 is 3.08 bits per heavy atom. The van der Waals surface area contributed by atoms with Crippen molar-refractivity contribution in [2.24, 2.45) is 4.99 Å². The number of nitrogens with one attached hydrogen (secondary N) is 1. The lowest BCUT2D eigenvalue weighted by atomic mass is 10.3. The van der Waals surface area contributed by atoms with E-state index < -0.39 is 0 Å². The molecule has 0 aliphatic carbocycles. The lowest BCUT2D eigenvalue weighted by Crippen LogP contribution is -2.48. The van der Waals surface area contributed by atoms with Crippen LogP contribution in [0.3, 0.4) is 0 Å². The van der Waals surface area contributed by atoms with Crippen LogP contribution in [0.4, 0.5) is 0 Å². The Morgan fingerprint density at radius 1 is 1.50 bits per heavy atom. The second kappa shape index (κ2) is 12.9. The number of guanidine groups is 1. The van der Waals surface area contributed by atoms with Gasteiger partial charge in [0, 0.05) is 43.8 Å².